The van der Waals surface area contributed by atoms with Gasteiger partial charge in [0.2, 0.25) is 0 Å². The number of nitrogens with zero attached hydrogens (tertiary/aromatic N) is 2. The second-order valence-corrected chi connectivity index (χ2v) is 8.83. The second-order valence-electron chi connectivity index (χ2n) is 7.37. The molecule has 0 N–H and O–H groups in total. The van der Waals surface area contributed by atoms with Crippen LogP contribution in [0, 0.1) is 12.7 Å². The van der Waals surface area contributed by atoms with Crippen molar-refractivity contribution >= 4 is 43.2 Å². The highest BCUT2D eigenvalue weighted by molar-refractivity contribution is 7.25. The van der Waals surface area contributed by atoms with E-state index < -0.39 is 17.1 Å². The number of halogens is 2. The lowest BCUT2D eigenvalue weighted by Crippen LogP contribution is -2.38. The Morgan fingerprint density at radius 2 is 1.74 bits per heavy atom. The summed E-state index contributed by atoms with van der Waals surface area (Å²) in [6.07, 6.45) is 0. The van der Waals surface area contributed by atoms with E-state index in [4.69, 9.17) is 11.6 Å². The highest BCUT2D eigenvalue weighted by Crippen LogP contribution is 2.31. The van der Waals surface area contributed by atoms with Crippen LogP contribution in [0.4, 0.5) is 4.39 Å². The van der Waals surface area contributed by atoms with Crippen molar-refractivity contribution < 1.29 is 4.39 Å². The van der Waals surface area contributed by atoms with E-state index in [1.807, 2.05) is 55.5 Å². The van der Waals surface area contributed by atoms with Crippen LogP contribution < -0.4 is 11.2 Å². The molecule has 0 fully saturated rings. The fraction of sp³-hybridized carbons (Fsp3) is 0.0833. The van der Waals surface area contributed by atoms with Crippen LogP contribution >= 0.6 is 22.9 Å². The summed E-state index contributed by atoms with van der Waals surface area (Å²) < 4.78 is 17.8. The average molecular weight is 451 g/mol. The number of fused-ring (bicyclic) bond motifs is 3. The van der Waals surface area contributed by atoms with Crippen molar-refractivity contribution in [2.24, 2.45) is 0 Å². The molecule has 0 saturated carbocycles. The molecule has 4 nitrogen and oxygen atoms in total. The summed E-state index contributed by atoms with van der Waals surface area (Å²) in [4.78, 5) is 27.0. The molecule has 0 aliphatic carbocycles. The summed E-state index contributed by atoms with van der Waals surface area (Å²) in [6.45, 7) is 2.30. The Morgan fingerprint density at radius 1 is 1.00 bits per heavy atom. The highest BCUT2D eigenvalue weighted by Gasteiger charge is 2.20. The van der Waals surface area contributed by atoms with Crippen LogP contribution in [0.5, 0.6) is 0 Å². The second kappa shape index (κ2) is 7.48. The first-order chi connectivity index (χ1) is 14.9. The van der Waals surface area contributed by atoms with Crippen molar-refractivity contribution in [1.82, 2.24) is 9.13 Å². The normalized spacial score (nSPS) is 11.5. The van der Waals surface area contributed by atoms with Crippen molar-refractivity contribution in [2.45, 2.75) is 13.5 Å². The van der Waals surface area contributed by atoms with Crippen LogP contribution in [0.25, 0.3) is 26.0 Å². The Bertz CT molecular complexity index is 1580. The van der Waals surface area contributed by atoms with Crippen molar-refractivity contribution in [1.29, 1.82) is 0 Å². The number of aromatic nitrogens is 2. The molecule has 0 amide bonds. The number of hydrogen-bond donors (Lipinski definition) is 0. The maximum absolute atomic E-state index is 13.7. The van der Waals surface area contributed by atoms with E-state index in [1.54, 1.807) is 4.57 Å². The van der Waals surface area contributed by atoms with E-state index in [-0.39, 0.29) is 10.7 Å². The van der Waals surface area contributed by atoms with Gasteiger partial charge in [-0.2, -0.15) is 0 Å². The van der Waals surface area contributed by atoms with Crippen molar-refractivity contribution in [3.8, 4) is 5.69 Å². The van der Waals surface area contributed by atoms with Crippen LogP contribution in [0.15, 0.2) is 76.3 Å². The van der Waals surface area contributed by atoms with Crippen LogP contribution in [0.2, 0.25) is 5.02 Å². The number of aryl methyl sites for hydroxylation is 1. The number of hydrogen-bond acceptors (Lipinski definition) is 3. The predicted molar refractivity (Wildman–Crippen MR) is 124 cm³/mol. The van der Waals surface area contributed by atoms with Gasteiger partial charge in [0.15, 0.2) is 0 Å². The van der Waals surface area contributed by atoms with E-state index in [0.717, 1.165) is 31.8 Å². The molecule has 3 aromatic carbocycles. The summed E-state index contributed by atoms with van der Waals surface area (Å²) in [5.41, 5.74) is 1.96. The van der Waals surface area contributed by atoms with Crippen LogP contribution in [-0.2, 0) is 6.54 Å². The summed E-state index contributed by atoms with van der Waals surface area (Å²) >= 11 is 7.28. The van der Waals surface area contributed by atoms with Crippen LogP contribution in [0.3, 0.4) is 0 Å². The largest absolute Gasteiger partial charge is 0.336 e. The third kappa shape index (κ3) is 3.28. The Hall–Kier alpha value is -3.22. The molecule has 0 atom stereocenters. The first-order valence-electron chi connectivity index (χ1n) is 9.62. The number of benzene rings is 3. The SMILES string of the molecule is Cc1ccc(Cn2c(=O)n(-c3ccc(F)c(Cl)c3)c(=O)c3sc4ccccc4c32)cc1. The summed E-state index contributed by atoms with van der Waals surface area (Å²) in [6, 6.07) is 19.4. The van der Waals surface area contributed by atoms with Gasteiger partial charge in [0.05, 0.1) is 22.8 Å². The van der Waals surface area contributed by atoms with E-state index in [9.17, 15) is 14.0 Å². The molecule has 31 heavy (non-hydrogen) atoms. The van der Waals surface area contributed by atoms with E-state index in [0.29, 0.717) is 16.8 Å². The first kappa shape index (κ1) is 19.7. The van der Waals surface area contributed by atoms with Gasteiger partial charge in [-0.15, -0.1) is 11.3 Å². The molecule has 2 heterocycles. The molecular weight excluding hydrogens is 435 g/mol. The monoisotopic (exact) mass is 450 g/mol. The third-order valence-corrected chi connectivity index (χ3v) is 6.72. The Kier molecular flexibility index (Phi) is 4.76. The fourth-order valence-electron chi connectivity index (χ4n) is 3.72. The quantitative estimate of drug-likeness (QED) is 0.363. The molecule has 0 unspecified atom stereocenters. The van der Waals surface area contributed by atoms with Crippen LogP contribution in [-0.4, -0.2) is 9.13 Å². The molecule has 7 heteroatoms. The van der Waals surface area contributed by atoms with E-state index >= 15 is 0 Å². The first-order valence-corrected chi connectivity index (χ1v) is 10.8. The van der Waals surface area contributed by atoms with E-state index in [1.165, 1.54) is 23.5 Å². The fourth-order valence-corrected chi connectivity index (χ4v) is 5.04. The Balaban J connectivity index is 1.88. The molecule has 5 aromatic rings. The van der Waals surface area contributed by atoms with Gasteiger partial charge in [0.25, 0.3) is 5.56 Å². The zero-order valence-electron chi connectivity index (χ0n) is 16.4. The summed E-state index contributed by atoms with van der Waals surface area (Å²) in [5.74, 6) is -0.610. The number of thiophene rings is 1. The molecule has 0 aliphatic heterocycles. The molecule has 0 radical (unpaired) electrons. The van der Waals surface area contributed by atoms with Crippen molar-refractivity contribution in [3.05, 3.63) is 110 Å². The third-order valence-electron chi connectivity index (χ3n) is 5.28. The van der Waals surface area contributed by atoms with Gasteiger partial charge in [-0.25, -0.2) is 13.8 Å². The van der Waals surface area contributed by atoms with Crippen LogP contribution in [0.1, 0.15) is 11.1 Å². The van der Waals surface area contributed by atoms with Gasteiger partial charge in [-0.1, -0.05) is 59.6 Å². The molecule has 154 valence electrons. The van der Waals surface area contributed by atoms with Gasteiger partial charge in [-0.3, -0.25) is 9.36 Å². The lowest BCUT2D eigenvalue weighted by Gasteiger charge is -2.13. The van der Waals surface area contributed by atoms with Gasteiger partial charge in [0.1, 0.15) is 10.5 Å². The van der Waals surface area contributed by atoms with Gasteiger partial charge in [0, 0.05) is 10.1 Å². The zero-order valence-corrected chi connectivity index (χ0v) is 18.0. The highest BCUT2D eigenvalue weighted by atomic mass is 35.5. The summed E-state index contributed by atoms with van der Waals surface area (Å²) in [5, 5.41) is 0.707. The minimum Gasteiger partial charge on any atom is -0.287 e. The Morgan fingerprint density at radius 3 is 2.48 bits per heavy atom. The molecule has 0 bridgehead atoms. The van der Waals surface area contributed by atoms with Gasteiger partial charge < -0.3 is 0 Å². The maximum atomic E-state index is 13.7. The summed E-state index contributed by atoms with van der Waals surface area (Å²) in [7, 11) is 0. The maximum Gasteiger partial charge on any atom is 0.336 e. The minimum absolute atomic E-state index is 0.148. The van der Waals surface area contributed by atoms with Gasteiger partial charge in [-0.05, 0) is 36.8 Å². The van der Waals surface area contributed by atoms with Crippen molar-refractivity contribution in [2.75, 3.05) is 0 Å². The smallest absolute Gasteiger partial charge is 0.287 e. The van der Waals surface area contributed by atoms with E-state index in [2.05, 4.69) is 0 Å². The molecule has 0 aliphatic rings. The lowest BCUT2D eigenvalue weighted by molar-refractivity contribution is 0.627. The molecular formula is C24H16ClFN2O2S. The number of rotatable bonds is 3. The zero-order chi connectivity index (χ0) is 21.7. The molecule has 2 aromatic heterocycles. The Labute approximate surface area is 185 Å². The lowest BCUT2D eigenvalue weighted by atomic mass is 10.1. The average Bonchev–Trinajstić information content (AvgIpc) is 3.15. The standard InChI is InChI=1S/C24H16ClFN2O2S/c1-14-6-8-15(9-7-14)13-27-21-17-4-2-3-5-20(17)31-22(21)23(29)28(24(27)30)16-10-11-19(26)18(25)12-16/h2-12H,13H2,1H3. The van der Waals surface area contributed by atoms with Crippen molar-refractivity contribution in [3.63, 3.8) is 0 Å². The van der Waals surface area contributed by atoms with Gasteiger partial charge >= 0.3 is 5.69 Å². The predicted octanol–water partition coefficient (Wildman–Crippen LogP) is 5.52. The molecule has 5 rings (SSSR count). The molecule has 0 saturated heterocycles. The topological polar surface area (TPSA) is 44.0 Å². The molecule has 0 spiro atoms. The minimum atomic E-state index is -0.610.